The first-order chi connectivity index (χ1) is 8.27. The van der Waals surface area contributed by atoms with Gasteiger partial charge in [0.15, 0.2) is 0 Å². The Morgan fingerprint density at radius 2 is 2.18 bits per heavy atom. The van der Waals surface area contributed by atoms with Crippen molar-refractivity contribution >= 4 is 0 Å². The highest BCUT2D eigenvalue weighted by atomic mass is 16.5. The van der Waals surface area contributed by atoms with Crippen LogP contribution in [0.15, 0.2) is 22.8 Å². The van der Waals surface area contributed by atoms with Gasteiger partial charge in [0.25, 0.3) is 0 Å². The Balaban J connectivity index is 2.03. The molecular weight excluding hydrogens is 216 g/mol. The number of ether oxygens (including phenoxy) is 1. The number of rotatable bonds is 5. The van der Waals surface area contributed by atoms with E-state index in [1.807, 2.05) is 19.1 Å². The van der Waals surface area contributed by atoms with Gasteiger partial charge in [-0.1, -0.05) is 19.3 Å². The number of hydrogen-bond acceptors (Lipinski definition) is 3. The predicted octanol–water partition coefficient (Wildman–Crippen LogP) is 2.92. The van der Waals surface area contributed by atoms with Crippen molar-refractivity contribution in [1.29, 1.82) is 0 Å². The zero-order chi connectivity index (χ0) is 12.1. The maximum absolute atomic E-state index is 10.4. The van der Waals surface area contributed by atoms with Crippen LogP contribution in [0.2, 0.25) is 0 Å². The molecule has 1 aliphatic carbocycles. The maximum Gasteiger partial charge on any atom is 0.106 e. The SMILES string of the molecule is CCOC1(C(O)Cc2ccco2)CCCCC1. The van der Waals surface area contributed by atoms with Gasteiger partial charge in [-0.15, -0.1) is 0 Å². The number of hydrogen-bond donors (Lipinski definition) is 1. The predicted molar refractivity (Wildman–Crippen MR) is 65.9 cm³/mol. The Kier molecular flexibility index (Phi) is 4.24. The van der Waals surface area contributed by atoms with Crippen molar-refractivity contribution in [1.82, 2.24) is 0 Å². The number of aliphatic hydroxyl groups excluding tert-OH is 1. The molecule has 1 aliphatic rings. The van der Waals surface area contributed by atoms with E-state index < -0.39 is 6.10 Å². The minimum atomic E-state index is -0.464. The van der Waals surface area contributed by atoms with Crippen LogP contribution in [-0.4, -0.2) is 23.4 Å². The molecule has 3 nitrogen and oxygen atoms in total. The van der Waals surface area contributed by atoms with E-state index in [1.165, 1.54) is 6.42 Å². The second-order valence-electron chi connectivity index (χ2n) is 4.86. The number of aliphatic hydroxyl groups is 1. The van der Waals surface area contributed by atoms with E-state index in [0.29, 0.717) is 13.0 Å². The van der Waals surface area contributed by atoms with E-state index in [9.17, 15) is 5.11 Å². The Morgan fingerprint density at radius 1 is 1.41 bits per heavy atom. The molecule has 0 bridgehead atoms. The monoisotopic (exact) mass is 238 g/mol. The summed E-state index contributed by atoms with van der Waals surface area (Å²) < 4.78 is 11.2. The molecule has 0 aromatic carbocycles. The smallest absolute Gasteiger partial charge is 0.106 e. The summed E-state index contributed by atoms with van der Waals surface area (Å²) in [5.41, 5.74) is -0.347. The average Bonchev–Trinajstić information content (AvgIpc) is 2.83. The van der Waals surface area contributed by atoms with Gasteiger partial charge in [0.1, 0.15) is 5.76 Å². The molecule has 0 amide bonds. The summed E-state index contributed by atoms with van der Waals surface area (Å²) in [6.45, 7) is 2.66. The lowest BCUT2D eigenvalue weighted by Crippen LogP contribution is -2.47. The molecule has 1 aromatic rings. The Bertz CT molecular complexity index is 307. The maximum atomic E-state index is 10.4. The van der Waals surface area contributed by atoms with E-state index in [4.69, 9.17) is 9.15 Å². The Morgan fingerprint density at radius 3 is 2.76 bits per heavy atom. The van der Waals surface area contributed by atoms with Gasteiger partial charge in [-0.05, 0) is 31.9 Å². The van der Waals surface area contributed by atoms with Crippen molar-refractivity contribution in [3.63, 3.8) is 0 Å². The summed E-state index contributed by atoms with van der Waals surface area (Å²) in [5.74, 6) is 0.835. The van der Waals surface area contributed by atoms with E-state index in [2.05, 4.69) is 0 Å². The molecule has 1 saturated carbocycles. The van der Waals surface area contributed by atoms with Crippen LogP contribution in [0.5, 0.6) is 0 Å². The molecule has 1 unspecified atom stereocenters. The minimum Gasteiger partial charge on any atom is -0.469 e. The van der Waals surface area contributed by atoms with Crippen LogP contribution in [0.3, 0.4) is 0 Å². The fourth-order valence-electron chi connectivity index (χ4n) is 2.82. The van der Waals surface area contributed by atoms with Crippen LogP contribution < -0.4 is 0 Å². The molecule has 1 heterocycles. The summed E-state index contributed by atoms with van der Waals surface area (Å²) in [5, 5.41) is 10.4. The van der Waals surface area contributed by atoms with Crippen molar-refractivity contribution < 1.29 is 14.3 Å². The second kappa shape index (κ2) is 5.69. The van der Waals surface area contributed by atoms with Crippen LogP contribution in [0, 0.1) is 0 Å². The minimum absolute atomic E-state index is 0.347. The highest BCUT2D eigenvalue weighted by Gasteiger charge is 2.40. The van der Waals surface area contributed by atoms with Crippen molar-refractivity contribution in [3.05, 3.63) is 24.2 Å². The summed E-state index contributed by atoms with van der Waals surface area (Å²) in [7, 11) is 0. The number of furan rings is 1. The molecule has 96 valence electrons. The Labute approximate surface area is 103 Å². The zero-order valence-electron chi connectivity index (χ0n) is 10.5. The molecule has 3 heteroatoms. The van der Waals surface area contributed by atoms with Gasteiger partial charge in [-0.2, -0.15) is 0 Å². The topological polar surface area (TPSA) is 42.6 Å². The fraction of sp³-hybridized carbons (Fsp3) is 0.714. The fourth-order valence-corrected chi connectivity index (χ4v) is 2.82. The van der Waals surface area contributed by atoms with E-state index >= 15 is 0 Å². The van der Waals surface area contributed by atoms with E-state index in [1.54, 1.807) is 6.26 Å². The summed E-state index contributed by atoms with van der Waals surface area (Å²) >= 11 is 0. The molecule has 17 heavy (non-hydrogen) atoms. The molecule has 1 aromatic heterocycles. The van der Waals surface area contributed by atoms with Crippen LogP contribution in [0.4, 0.5) is 0 Å². The van der Waals surface area contributed by atoms with Gasteiger partial charge in [0, 0.05) is 13.0 Å². The molecule has 1 N–H and O–H groups in total. The van der Waals surface area contributed by atoms with Crippen LogP contribution in [0.25, 0.3) is 0 Å². The van der Waals surface area contributed by atoms with Gasteiger partial charge < -0.3 is 14.3 Å². The van der Waals surface area contributed by atoms with Crippen LogP contribution >= 0.6 is 0 Å². The van der Waals surface area contributed by atoms with E-state index in [-0.39, 0.29) is 5.60 Å². The van der Waals surface area contributed by atoms with Gasteiger partial charge in [0.05, 0.1) is 18.0 Å². The first-order valence-electron chi connectivity index (χ1n) is 6.61. The average molecular weight is 238 g/mol. The highest BCUT2D eigenvalue weighted by molar-refractivity contribution is 5.03. The molecule has 0 radical (unpaired) electrons. The summed E-state index contributed by atoms with van der Waals surface area (Å²) in [6.07, 6.45) is 7.20. The third-order valence-corrected chi connectivity index (χ3v) is 3.71. The largest absolute Gasteiger partial charge is 0.469 e. The van der Waals surface area contributed by atoms with Gasteiger partial charge in [-0.25, -0.2) is 0 Å². The van der Waals surface area contributed by atoms with Crippen molar-refractivity contribution in [2.24, 2.45) is 0 Å². The second-order valence-corrected chi connectivity index (χ2v) is 4.86. The first-order valence-corrected chi connectivity index (χ1v) is 6.61. The zero-order valence-corrected chi connectivity index (χ0v) is 10.5. The standard InChI is InChI=1S/C14H22O3/c1-2-17-14(8-4-3-5-9-14)13(15)11-12-7-6-10-16-12/h6-7,10,13,15H,2-5,8-9,11H2,1H3. The van der Waals surface area contributed by atoms with Crippen molar-refractivity contribution in [2.75, 3.05) is 6.61 Å². The molecular formula is C14H22O3. The molecule has 0 aliphatic heterocycles. The molecule has 1 fully saturated rings. The van der Waals surface area contributed by atoms with Gasteiger partial charge >= 0.3 is 0 Å². The van der Waals surface area contributed by atoms with E-state index in [0.717, 1.165) is 31.4 Å². The molecule has 0 spiro atoms. The quantitative estimate of drug-likeness (QED) is 0.857. The highest BCUT2D eigenvalue weighted by Crippen LogP contribution is 2.35. The van der Waals surface area contributed by atoms with Crippen molar-refractivity contribution in [3.8, 4) is 0 Å². The lowest BCUT2D eigenvalue weighted by atomic mass is 9.79. The normalized spacial score (nSPS) is 21.3. The summed E-state index contributed by atoms with van der Waals surface area (Å²) in [6, 6.07) is 3.77. The first kappa shape index (κ1) is 12.7. The van der Waals surface area contributed by atoms with Gasteiger partial charge in [-0.3, -0.25) is 0 Å². The van der Waals surface area contributed by atoms with Gasteiger partial charge in [0.2, 0.25) is 0 Å². The third-order valence-electron chi connectivity index (χ3n) is 3.71. The summed E-state index contributed by atoms with van der Waals surface area (Å²) in [4.78, 5) is 0. The lowest BCUT2D eigenvalue weighted by molar-refractivity contribution is -0.139. The lowest BCUT2D eigenvalue weighted by Gasteiger charge is -2.40. The molecule has 0 saturated heterocycles. The third kappa shape index (κ3) is 2.90. The molecule has 1 atom stereocenters. The van der Waals surface area contributed by atoms with Crippen LogP contribution in [-0.2, 0) is 11.2 Å². The van der Waals surface area contributed by atoms with Crippen LogP contribution in [0.1, 0.15) is 44.8 Å². The molecule has 2 rings (SSSR count). The Hall–Kier alpha value is -0.800. The van der Waals surface area contributed by atoms with Crippen molar-refractivity contribution in [2.45, 2.75) is 57.2 Å².